The molecule has 1 saturated heterocycles. The zero-order chi connectivity index (χ0) is 26.6. The molecule has 12 heteroatoms. The van der Waals surface area contributed by atoms with Gasteiger partial charge in [0.15, 0.2) is 5.54 Å². The molecule has 36 heavy (non-hydrogen) atoms. The molecule has 3 atom stereocenters. The first-order valence-electron chi connectivity index (χ1n) is 11.2. The Hall–Kier alpha value is -2.25. The lowest BCUT2D eigenvalue weighted by atomic mass is 9.86. The summed E-state index contributed by atoms with van der Waals surface area (Å²) in [5.41, 5.74) is -1.99. The number of carbonyl (C=O) groups excluding carboxylic acids is 1. The zero-order valence-electron chi connectivity index (χ0n) is 20.2. The first-order chi connectivity index (χ1) is 16.8. The number of nitrogens with one attached hydrogen (secondary N) is 2. The second-order valence-electron chi connectivity index (χ2n) is 9.37. The van der Waals surface area contributed by atoms with Crippen molar-refractivity contribution in [2.24, 2.45) is 0 Å². The van der Waals surface area contributed by atoms with Gasteiger partial charge in [0.25, 0.3) is 0 Å². The summed E-state index contributed by atoms with van der Waals surface area (Å²) in [6.07, 6.45) is -1.59. The Balaban J connectivity index is 1.99. The highest BCUT2D eigenvalue weighted by Gasteiger charge is 2.70. The molecule has 1 aliphatic rings. The van der Waals surface area contributed by atoms with Gasteiger partial charge in [-0.15, -0.1) is 4.72 Å². The molecule has 2 aromatic rings. The summed E-state index contributed by atoms with van der Waals surface area (Å²) in [6, 6.07) is 13.4. The van der Waals surface area contributed by atoms with Gasteiger partial charge in [0.05, 0.1) is 17.5 Å². The highest BCUT2D eigenvalue weighted by atomic mass is 32.2. The van der Waals surface area contributed by atoms with Crippen molar-refractivity contribution >= 4 is 27.3 Å². The van der Waals surface area contributed by atoms with E-state index in [1.165, 1.54) is 18.2 Å². The number of ether oxygens (including phenoxy) is 2. The summed E-state index contributed by atoms with van der Waals surface area (Å²) in [4.78, 5) is 12.0. The molecule has 2 aromatic carbocycles. The molecule has 1 heterocycles. The van der Waals surface area contributed by atoms with Crippen LogP contribution in [-0.4, -0.2) is 53.9 Å². The van der Waals surface area contributed by atoms with E-state index in [0.717, 1.165) is 12.1 Å². The van der Waals surface area contributed by atoms with Gasteiger partial charge in [0, 0.05) is 24.4 Å². The van der Waals surface area contributed by atoms with Crippen LogP contribution in [0.25, 0.3) is 0 Å². The van der Waals surface area contributed by atoms with E-state index in [1.54, 1.807) is 51.1 Å². The standard InChI is InChI=1S/C24H30F2N2O6S2/c1-22(2,3)35(30)28-23(24(25,26)36(31,32)19-12-8-5-9-13-19)14-15-33-17-20(23)27-21(29)34-16-18-10-6-4-7-11-18/h4-13,20,28H,14-17H2,1-3H3,(H,27,29)/t20-,23+,35+/m0/s1. The van der Waals surface area contributed by atoms with Crippen LogP contribution in [0.3, 0.4) is 0 Å². The SMILES string of the molecule is CC(C)(C)[S@@+]([O-])N[C@]1(C(F)(F)S(=O)(=O)c2ccccc2)CCOC[C@@H]1NC(=O)OCc1ccccc1. The van der Waals surface area contributed by atoms with Gasteiger partial charge in [0.2, 0.25) is 9.84 Å². The zero-order valence-corrected chi connectivity index (χ0v) is 21.8. The lowest BCUT2D eigenvalue weighted by Gasteiger charge is -2.47. The summed E-state index contributed by atoms with van der Waals surface area (Å²) in [7, 11) is -5.29. The van der Waals surface area contributed by atoms with E-state index in [2.05, 4.69) is 10.0 Å². The van der Waals surface area contributed by atoms with E-state index < -0.39 is 66.8 Å². The van der Waals surface area contributed by atoms with E-state index in [9.17, 15) is 17.8 Å². The van der Waals surface area contributed by atoms with Crippen LogP contribution in [0.5, 0.6) is 0 Å². The summed E-state index contributed by atoms with van der Waals surface area (Å²) < 4.78 is 84.1. The molecule has 198 valence electrons. The van der Waals surface area contributed by atoms with Gasteiger partial charge in [-0.3, -0.25) is 0 Å². The highest BCUT2D eigenvalue weighted by Crippen LogP contribution is 2.45. The van der Waals surface area contributed by atoms with Crippen LogP contribution >= 0.6 is 0 Å². The molecule has 0 spiro atoms. The Morgan fingerprint density at radius 3 is 2.31 bits per heavy atom. The first kappa shape index (κ1) is 28.3. The molecule has 0 bridgehead atoms. The fraction of sp³-hybridized carbons (Fsp3) is 0.458. The van der Waals surface area contributed by atoms with Gasteiger partial charge in [-0.05, 0) is 38.5 Å². The Kier molecular flexibility index (Phi) is 8.67. The van der Waals surface area contributed by atoms with Crippen LogP contribution in [0, 0.1) is 0 Å². The number of carbonyl (C=O) groups is 1. The maximum Gasteiger partial charge on any atom is 0.407 e. The van der Waals surface area contributed by atoms with Crippen LogP contribution in [0.1, 0.15) is 32.8 Å². The van der Waals surface area contributed by atoms with Crippen LogP contribution in [-0.2, 0) is 37.3 Å². The first-order valence-corrected chi connectivity index (χ1v) is 13.9. The molecule has 2 N–H and O–H groups in total. The molecule has 0 saturated carbocycles. The molecule has 1 fully saturated rings. The molecule has 8 nitrogen and oxygen atoms in total. The van der Waals surface area contributed by atoms with Crippen molar-refractivity contribution in [2.75, 3.05) is 13.2 Å². The molecule has 0 radical (unpaired) electrons. The number of hydrogen-bond donors (Lipinski definition) is 2. The molecule has 3 rings (SSSR count). The van der Waals surface area contributed by atoms with Gasteiger partial charge >= 0.3 is 11.3 Å². The second-order valence-corrected chi connectivity index (χ2v) is 13.3. The predicted octanol–water partition coefficient (Wildman–Crippen LogP) is 3.56. The van der Waals surface area contributed by atoms with Crippen LogP contribution < -0.4 is 10.0 Å². The van der Waals surface area contributed by atoms with Gasteiger partial charge in [-0.2, -0.15) is 8.78 Å². The van der Waals surface area contributed by atoms with Crippen molar-refractivity contribution in [3.63, 3.8) is 0 Å². The lowest BCUT2D eigenvalue weighted by Crippen LogP contribution is -2.76. The van der Waals surface area contributed by atoms with Crippen LogP contribution in [0.2, 0.25) is 0 Å². The third-order valence-corrected chi connectivity index (χ3v) is 9.36. The predicted molar refractivity (Wildman–Crippen MR) is 131 cm³/mol. The van der Waals surface area contributed by atoms with E-state index in [-0.39, 0.29) is 13.2 Å². The maximum atomic E-state index is 16.3. The van der Waals surface area contributed by atoms with Crippen LogP contribution in [0.4, 0.5) is 13.6 Å². The summed E-state index contributed by atoms with van der Waals surface area (Å²) in [6.45, 7) is 3.85. The van der Waals surface area contributed by atoms with Crippen molar-refractivity contribution in [2.45, 2.75) is 60.3 Å². The Labute approximate surface area is 213 Å². The molecular formula is C24H30F2N2O6S2. The minimum atomic E-state index is -5.29. The van der Waals surface area contributed by atoms with Gasteiger partial charge in [-0.1, -0.05) is 48.5 Å². The summed E-state index contributed by atoms with van der Waals surface area (Å²) >= 11 is -2.12. The van der Waals surface area contributed by atoms with Crippen molar-refractivity contribution in [3.8, 4) is 0 Å². The van der Waals surface area contributed by atoms with Crippen molar-refractivity contribution < 1.29 is 36.0 Å². The molecule has 1 amide bonds. The monoisotopic (exact) mass is 544 g/mol. The number of sulfone groups is 1. The summed E-state index contributed by atoms with van der Waals surface area (Å²) in [5.74, 6) is 0. The number of hydrogen-bond acceptors (Lipinski definition) is 7. The third kappa shape index (κ3) is 5.83. The van der Waals surface area contributed by atoms with E-state index >= 15 is 8.78 Å². The Morgan fingerprint density at radius 1 is 1.14 bits per heavy atom. The topological polar surface area (TPSA) is 117 Å². The van der Waals surface area contributed by atoms with Crippen molar-refractivity contribution in [1.29, 1.82) is 0 Å². The number of rotatable bonds is 8. The molecule has 0 unspecified atom stereocenters. The van der Waals surface area contributed by atoms with Crippen molar-refractivity contribution in [1.82, 2.24) is 10.0 Å². The largest absolute Gasteiger partial charge is 0.598 e. The minimum Gasteiger partial charge on any atom is -0.598 e. The Bertz CT molecular complexity index is 1130. The average Bonchev–Trinajstić information content (AvgIpc) is 2.84. The molecule has 1 aliphatic heterocycles. The second kappa shape index (κ2) is 11.0. The number of alkyl carbamates (subject to hydrolysis) is 1. The van der Waals surface area contributed by atoms with E-state index in [4.69, 9.17) is 9.47 Å². The fourth-order valence-electron chi connectivity index (χ4n) is 3.66. The van der Waals surface area contributed by atoms with E-state index in [0.29, 0.717) is 5.56 Å². The third-order valence-electron chi connectivity index (χ3n) is 5.77. The summed E-state index contributed by atoms with van der Waals surface area (Å²) in [5, 5.41) is -2.16. The lowest BCUT2D eigenvalue weighted by molar-refractivity contribution is -0.0831. The maximum absolute atomic E-state index is 16.3. The number of benzene rings is 2. The molecular weight excluding hydrogens is 514 g/mol. The van der Waals surface area contributed by atoms with Gasteiger partial charge < -0.3 is 19.3 Å². The van der Waals surface area contributed by atoms with Crippen LogP contribution in [0.15, 0.2) is 65.6 Å². The highest BCUT2D eigenvalue weighted by molar-refractivity contribution is 7.93. The number of halogens is 2. The van der Waals surface area contributed by atoms with E-state index in [1.807, 2.05) is 0 Å². The fourth-order valence-corrected chi connectivity index (χ4v) is 6.32. The number of amides is 1. The van der Waals surface area contributed by atoms with Gasteiger partial charge in [0.1, 0.15) is 11.4 Å². The normalized spacial score (nSPS) is 22.0. The quantitative estimate of drug-likeness (QED) is 0.488. The minimum absolute atomic E-state index is 0.132. The Morgan fingerprint density at radius 2 is 1.72 bits per heavy atom. The number of alkyl halides is 2. The van der Waals surface area contributed by atoms with Crippen molar-refractivity contribution in [3.05, 3.63) is 66.2 Å². The molecule has 0 aliphatic carbocycles. The molecule has 0 aromatic heterocycles. The van der Waals surface area contributed by atoms with Gasteiger partial charge in [-0.25, -0.2) is 13.2 Å². The average molecular weight is 545 g/mol. The smallest absolute Gasteiger partial charge is 0.407 e.